The van der Waals surface area contributed by atoms with Gasteiger partial charge in [-0.15, -0.1) is 0 Å². The molecule has 2 aromatic carbocycles. The van der Waals surface area contributed by atoms with Crippen LogP contribution in [0.2, 0.25) is 0 Å². The monoisotopic (exact) mass is 546 g/mol. The maximum absolute atomic E-state index is 15.4. The number of anilines is 2. The molecule has 0 radical (unpaired) electrons. The van der Waals surface area contributed by atoms with Crippen LogP contribution in [-0.2, 0) is 17.8 Å². The van der Waals surface area contributed by atoms with E-state index in [0.717, 1.165) is 47.2 Å². The number of amides is 1. The normalized spacial score (nSPS) is 19.6. The van der Waals surface area contributed by atoms with E-state index in [9.17, 15) is 9.90 Å². The number of fused-ring (bicyclic) bond motifs is 2. The van der Waals surface area contributed by atoms with Crippen molar-refractivity contribution >= 4 is 28.2 Å². The van der Waals surface area contributed by atoms with E-state index in [-0.39, 0.29) is 11.7 Å². The molecule has 6 rings (SSSR count). The van der Waals surface area contributed by atoms with Crippen LogP contribution in [-0.4, -0.2) is 89.7 Å². The summed E-state index contributed by atoms with van der Waals surface area (Å²) in [6.45, 7) is 8.53. The average Bonchev–Trinajstić information content (AvgIpc) is 3.40. The summed E-state index contributed by atoms with van der Waals surface area (Å²) in [4.78, 5) is 30.1. The minimum absolute atomic E-state index is 0.0647. The smallest absolute Gasteiger partial charge is 0.318 e. The van der Waals surface area contributed by atoms with Gasteiger partial charge in [0.1, 0.15) is 12.4 Å². The van der Waals surface area contributed by atoms with Crippen LogP contribution in [0.3, 0.4) is 0 Å². The van der Waals surface area contributed by atoms with E-state index < -0.39 is 5.82 Å². The van der Waals surface area contributed by atoms with Crippen molar-refractivity contribution in [1.82, 2.24) is 19.8 Å². The van der Waals surface area contributed by atoms with Gasteiger partial charge < -0.3 is 29.4 Å². The van der Waals surface area contributed by atoms with E-state index in [1.54, 1.807) is 4.90 Å². The Morgan fingerprint density at radius 2 is 1.95 bits per heavy atom. The fourth-order valence-corrected chi connectivity index (χ4v) is 6.13. The second kappa shape index (κ2) is 10.9. The zero-order chi connectivity index (χ0) is 27.8. The number of piperazine rings is 1. The molecule has 0 bridgehead atoms. The topological polar surface area (TPSA) is 85.3 Å². The Morgan fingerprint density at radius 3 is 2.70 bits per heavy atom. The Morgan fingerprint density at radius 1 is 1.15 bits per heavy atom. The second-order valence-corrected chi connectivity index (χ2v) is 10.8. The standard InChI is InChI=1S/C30H35FN6O3/c1-3-26(39)35-13-15-36(16-14-35)29-23-10-12-37(28-22-9-5-4-7-20(22)17-25(38)27(28)31)18-24(23)32-30(33-29)40-19-21-8-6-11-34(21)2/h3-5,7,9,17,21,38H,1,6,8,10-16,18-19H2,2H3/t21-/m0/s1. The van der Waals surface area contributed by atoms with E-state index in [2.05, 4.69) is 23.4 Å². The third-order valence-corrected chi connectivity index (χ3v) is 8.42. The Balaban J connectivity index is 1.33. The van der Waals surface area contributed by atoms with Gasteiger partial charge >= 0.3 is 6.01 Å². The van der Waals surface area contributed by atoms with E-state index in [1.807, 2.05) is 29.2 Å². The Kier molecular flexibility index (Phi) is 7.18. The van der Waals surface area contributed by atoms with Crippen molar-refractivity contribution in [3.63, 3.8) is 0 Å². The van der Waals surface area contributed by atoms with Crippen LogP contribution >= 0.6 is 0 Å². The lowest BCUT2D eigenvalue weighted by Gasteiger charge is -2.38. The lowest BCUT2D eigenvalue weighted by atomic mass is 10.0. The number of hydrogen-bond donors (Lipinski definition) is 1. The number of nitrogens with zero attached hydrogens (tertiary/aromatic N) is 6. The number of aromatic hydroxyl groups is 1. The summed E-state index contributed by atoms with van der Waals surface area (Å²) in [7, 11) is 2.11. The number of halogens is 1. The molecule has 1 atom stereocenters. The molecule has 210 valence electrons. The van der Waals surface area contributed by atoms with E-state index in [1.165, 1.54) is 12.1 Å². The average molecular weight is 547 g/mol. The van der Waals surface area contributed by atoms with Crippen molar-refractivity contribution in [1.29, 1.82) is 0 Å². The van der Waals surface area contributed by atoms with Crippen molar-refractivity contribution in [2.75, 3.05) is 62.7 Å². The molecular formula is C30H35FN6O3. The Bertz CT molecular complexity index is 1440. The fourth-order valence-electron chi connectivity index (χ4n) is 6.13. The van der Waals surface area contributed by atoms with Crippen molar-refractivity contribution in [2.45, 2.75) is 31.8 Å². The predicted octanol–water partition coefficient (Wildman–Crippen LogP) is 3.34. The fraction of sp³-hybridized carbons (Fsp3) is 0.433. The van der Waals surface area contributed by atoms with Crippen LogP contribution in [0.25, 0.3) is 10.8 Å². The van der Waals surface area contributed by atoms with Gasteiger partial charge in [-0.3, -0.25) is 4.79 Å². The third kappa shape index (κ3) is 4.92. The number of phenolic OH excluding ortho intramolecular Hbond substituents is 1. The number of benzene rings is 2. The Hall–Kier alpha value is -3.92. The predicted molar refractivity (Wildman–Crippen MR) is 152 cm³/mol. The maximum atomic E-state index is 15.4. The zero-order valence-electron chi connectivity index (χ0n) is 22.9. The van der Waals surface area contributed by atoms with Gasteiger partial charge in [-0.1, -0.05) is 30.8 Å². The number of likely N-dealkylation sites (tertiary alicyclic amines) is 1. The van der Waals surface area contributed by atoms with Gasteiger partial charge in [0.05, 0.1) is 17.9 Å². The molecule has 3 aromatic rings. The number of phenols is 1. The van der Waals surface area contributed by atoms with Gasteiger partial charge in [0, 0.05) is 49.7 Å². The van der Waals surface area contributed by atoms with E-state index >= 15 is 4.39 Å². The van der Waals surface area contributed by atoms with Crippen molar-refractivity contribution in [3.05, 3.63) is 60.1 Å². The van der Waals surface area contributed by atoms with E-state index in [0.29, 0.717) is 70.0 Å². The SMILES string of the molecule is C=CC(=O)N1CCN(c2nc(OC[C@@H]3CCCN3C)nc3c2CCN(c2c(F)c(O)cc4ccccc24)C3)CC1. The number of ether oxygens (including phenoxy) is 1. The van der Waals surface area contributed by atoms with Crippen LogP contribution in [0.15, 0.2) is 43.0 Å². The minimum Gasteiger partial charge on any atom is -0.505 e. The lowest BCUT2D eigenvalue weighted by Crippen LogP contribution is -2.49. The highest BCUT2D eigenvalue weighted by Crippen LogP contribution is 2.39. The van der Waals surface area contributed by atoms with Crippen LogP contribution in [0, 0.1) is 5.82 Å². The number of aromatic nitrogens is 2. The molecule has 3 aliphatic heterocycles. The largest absolute Gasteiger partial charge is 0.505 e. The number of carbonyl (C=O) groups is 1. The van der Waals surface area contributed by atoms with Gasteiger partial charge in [-0.25, -0.2) is 4.39 Å². The molecule has 0 spiro atoms. The van der Waals surface area contributed by atoms with Crippen LogP contribution in [0.5, 0.6) is 11.8 Å². The summed E-state index contributed by atoms with van der Waals surface area (Å²) in [6, 6.07) is 9.62. The van der Waals surface area contributed by atoms with Crippen LogP contribution < -0.4 is 14.5 Å². The highest BCUT2D eigenvalue weighted by Gasteiger charge is 2.31. The minimum atomic E-state index is -0.625. The van der Waals surface area contributed by atoms with Crippen molar-refractivity contribution in [3.8, 4) is 11.8 Å². The summed E-state index contributed by atoms with van der Waals surface area (Å²) in [5.41, 5.74) is 2.20. The Labute approximate surface area is 233 Å². The highest BCUT2D eigenvalue weighted by molar-refractivity contribution is 5.96. The molecule has 0 unspecified atom stereocenters. The molecule has 3 aliphatic rings. The number of rotatable bonds is 6. The molecule has 4 heterocycles. The quantitative estimate of drug-likeness (QED) is 0.472. The molecule has 40 heavy (non-hydrogen) atoms. The first-order valence-corrected chi connectivity index (χ1v) is 14.0. The first kappa shape index (κ1) is 26.3. The molecule has 1 N–H and O–H groups in total. The molecule has 10 heteroatoms. The number of carbonyl (C=O) groups excluding carboxylic acids is 1. The molecule has 9 nitrogen and oxygen atoms in total. The zero-order valence-corrected chi connectivity index (χ0v) is 22.9. The molecule has 0 saturated carbocycles. The van der Waals surface area contributed by atoms with Crippen molar-refractivity contribution in [2.24, 2.45) is 0 Å². The van der Waals surface area contributed by atoms with Crippen molar-refractivity contribution < 1.29 is 19.0 Å². The molecule has 2 saturated heterocycles. The van der Waals surface area contributed by atoms with E-state index in [4.69, 9.17) is 14.7 Å². The maximum Gasteiger partial charge on any atom is 0.318 e. The third-order valence-electron chi connectivity index (χ3n) is 8.42. The number of likely N-dealkylation sites (N-methyl/N-ethyl adjacent to an activating group) is 1. The first-order valence-electron chi connectivity index (χ1n) is 14.0. The summed E-state index contributed by atoms with van der Waals surface area (Å²) in [5.74, 6) is -0.226. The molecular weight excluding hydrogens is 511 g/mol. The first-order chi connectivity index (χ1) is 19.4. The van der Waals surface area contributed by atoms with Gasteiger partial charge in [0.2, 0.25) is 5.91 Å². The summed E-state index contributed by atoms with van der Waals surface area (Å²) in [5, 5.41) is 11.9. The van der Waals surface area contributed by atoms with Crippen LogP contribution in [0.4, 0.5) is 15.9 Å². The number of hydrogen-bond acceptors (Lipinski definition) is 8. The summed E-state index contributed by atoms with van der Waals surface area (Å²) < 4.78 is 21.6. The van der Waals surface area contributed by atoms with Gasteiger partial charge in [0.25, 0.3) is 0 Å². The molecule has 2 fully saturated rings. The second-order valence-electron chi connectivity index (χ2n) is 10.8. The van der Waals surface area contributed by atoms with Gasteiger partial charge in [-0.05, 0) is 50.4 Å². The van der Waals surface area contributed by atoms with Crippen LogP contribution in [0.1, 0.15) is 24.1 Å². The molecule has 1 amide bonds. The highest BCUT2D eigenvalue weighted by atomic mass is 19.1. The van der Waals surface area contributed by atoms with Gasteiger partial charge in [0.15, 0.2) is 11.6 Å². The molecule has 1 aromatic heterocycles. The van der Waals surface area contributed by atoms with Gasteiger partial charge in [-0.2, -0.15) is 9.97 Å². The lowest BCUT2D eigenvalue weighted by molar-refractivity contribution is -0.126. The molecule has 0 aliphatic carbocycles. The summed E-state index contributed by atoms with van der Waals surface area (Å²) in [6.07, 6.45) is 4.19. The summed E-state index contributed by atoms with van der Waals surface area (Å²) >= 11 is 0.